The molecular formula is C10H24O2. The predicted octanol–water partition coefficient (Wildman–Crippen LogP) is 2.19. The van der Waals surface area contributed by atoms with E-state index in [-0.39, 0.29) is 6.10 Å². The quantitative estimate of drug-likeness (QED) is 0.689. The van der Waals surface area contributed by atoms with Gasteiger partial charge in [-0.1, -0.05) is 27.7 Å². The van der Waals surface area contributed by atoms with Gasteiger partial charge >= 0.3 is 0 Å². The van der Waals surface area contributed by atoms with E-state index in [1.807, 2.05) is 13.8 Å². The Labute approximate surface area is 76.6 Å². The fraction of sp³-hybridized carbons (Fsp3) is 1.00. The molecule has 76 valence electrons. The van der Waals surface area contributed by atoms with Gasteiger partial charge in [0.25, 0.3) is 0 Å². The van der Waals surface area contributed by atoms with E-state index in [0.29, 0.717) is 12.5 Å². The van der Waals surface area contributed by atoms with E-state index in [2.05, 4.69) is 13.8 Å². The molecule has 0 radical (unpaired) electrons. The van der Waals surface area contributed by atoms with Crippen LogP contribution in [-0.4, -0.2) is 22.9 Å². The van der Waals surface area contributed by atoms with Gasteiger partial charge in [-0.2, -0.15) is 0 Å². The van der Waals surface area contributed by atoms with Crippen LogP contribution in [0.1, 0.15) is 47.0 Å². The fourth-order valence-electron chi connectivity index (χ4n) is 0.547. The molecule has 0 fully saturated rings. The summed E-state index contributed by atoms with van der Waals surface area (Å²) in [6.45, 7) is 8.48. The first-order chi connectivity index (χ1) is 5.58. The number of aliphatic hydroxyl groups is 2. The molecule has 12 heavy (non-hydrogen) atoms. The summed E-state index contributed by atoms with van der Waals surface area (Å²) in [6, 6.07) is 0. The fourth-order valence-corrected chi connectivity index (χ4v) is 0.547. The van der Waals surface area contributed by atoms with Crippen molar-refractivity contribution in [2.75, 3.05) is 6.61 Å². The maximum Gasteiger partial charge on any atom is 0.0535 e. The third kappa shape index (κ3) is 16.5. The summed E-state index contributed by atoms with van der Waals surface area (Å²) in [5.74, 6) is 0.648. The molecule has 0 atom stereocenters. The van der Waals surface area contributed by atoms with Gasteiger partial charge in [-0.05, 0) is 25.2 Å². The molecule has 2 heteroatoms. The second-order valence-corrected chi connectivity index (χ2v) is 3.38. The van der Waals surface area contributed by atoms with Gasteiger partial charge in [0.05, 0.1) is 6.10 Å². The summed E-state index contributed by atoms with van der Waals surface area (Å²) in [5, 5.41) is 16.9. The Kier molecular flexibility index (Phi) is 13.1. The van der Waals surface area contributed by atoms with Crippen molar-refractivity contribution in [3.8, 4) is 0 Å². The Bertz CT molecular complexity index is 68.2. The highest BCUT2D eigenvalue weighted by Crippen LogP contribution is 1.94. The minimum Gasteiger partial charge on any atom is -0.396 e. The molecule has 0 bridgehead atoms. The highest BCUT2D eigenvalue weighted by atomic mass is 16.3. The van der Waals surface area contributed by atoms with Gasteiger partial charge in [-0.3, -0.25) is 0 Å². The molecule has 0 saturated carbocycles. The van der Waals surface area contributed by atoms with E-state index < -0.39 is 0 Å². The van der Waals surface area contributed by atoms with Crippen molar-refractivity contribution in [3.63, 3.8) is 0 Å². The van der Waals surface area contributed by atoms with Crippen molar-refractivity contribution in [1.29, 1.82) is 0 Å². The molecule has 0 spiro atoms. The van der Waals surface area contributed by atoms with E-state index in [1.165, 1.54) is 0 Å². The predicted molar refractivity (Wildman–Crippen MR) is 53.1 cm³/mol. The van der Waals surface area contributed by atoms with Crippen molar-refractivity contribution >= 4 is 0 Å². The summed E-state index contributed by atoms with van der Waals surface area (Å²) in [4.78, 5) is 0. The van der Waals surface area contributed by atoms with E-state index in [1.54, 1.807) is 0 Å². The Balaban J connectivity index is 0. The Morgan fingerprint density at radius 3 is 1.50 bits per heavy atom. The molecule has 0 amide bonds. The second kappa shape index (κ2) is 10.9. The van der Waals surface area contributed by atoms with Crippen molar-refractivity contribution in [3.05, 3.63) is 0 Å². The first-order valence-corrected chi connectivity index (χ1v) is 4.87. The second-order valence-electron chi connectivity index (χ2n) is 3.38. The topological polar surface area (TPSA) is 40.5 Å². The summed E-state index contributed by atoms with van der Waals surface area (Å²) < 4.78 is 0. The van der Waals surface area contributed by atoms with Crippen LogP contribution in [0.2, 0.25) is 0 Å². The Morgan fingerprint density at radius 2 is 1.50 bits per heavy atom. The summed E-state index contributed by atoms with van der Waals surface area (Å²) >= 11 is 0. The van der Waals surface area contributed by atoms with Crippen LogP contribution in [0.15, 0.2) is 0 Å². The lowest BCUT2D eigenvalue weighted by Crippen LogP contribution is -1.99. The zero-order valence-electron chi connectivity index (χ0n) is 8.88. The van der Waals surface area contributed by atoms with E-state index in [4.69, 9.17) is 10.2 Å². The average Bonchev–Trinajstić information content (AvgIpc) is 2.04. The van der Waals surface area contributed by atoms with Crippen LogP contribution in [-0.2, 0) is 0 Å². The Morgan fingerprint density at radius 1 is 1.08 bits per heavy atom. The highest BCUT2D eigenvalue weighted by molar-refractivity contribution is 4.43. The molecule has 0 unspecified atom stereocenters. The normalized spacial score (nSPS) is 10.0. The summed E-state index contributed by atoms with van der Waals surface area (Å²) in [7, 11) is 0. The molecule has 0 aromatic carbocycles. The molecule has 0 heterocycles. The van der Waals surface area contributed by atoms with Crippen LogP contribution < -0.4 is 0 Å². The molecule has 2 nitrogen and oxygen atoms in total. The molecular weight excluding hydrogens is 152 g/mol. The maximum absolute atomic E-state index is 8.67. The molecule has 0 aliphatic heterocycles. The zero-order chi connectivity index (χ0) is 9.98. The number of hydrogen-bond acceptors (Lipinski definition) is 2. The molecule has 2 N–H and O–H groups in total. The van der Waals surface area contributed by atoms with Crippen LogP contribution in [0.25, 0.3) is 0 Å². The molecule has 0 aliphatic carbocycles. The van der Waals surface area contributed by atoms with Gasteiger partial charge in [-0.25, -0.2) is 0 Å². The number of aliphatic hydroxyl groups excluding tert-OH is 2. The van der Waals surface area contributed by atoms with Gasteiger partial charge in [0.2, 0.25) is 0 Å². The first-order valence-electron chi connectivity index (χ1n) is 4.87. The maximum atomic E-state index is 8.67. The molecule has 0 rings (SSSR count). The van der Waals surface area contributed by atoms with Gasteiger partial charge in [0.15, 0.2) is 0 Å². The minimum absolute atomic E-state index is 0.0648. The standard InChI is InChI=1S/2C5H12O/c1-5(2)3-4-6;1-3-5(6)4-2/h2*5-6H,3-4H2,1-2H3. The first kappa shape index (κ1) is 14.4. The van der Waals surface area contributed by atoms with Crippen LogP contribution in [0.5, 0.6) is 0 Å². The van der Waals surface area contributed by atoms with Crippen molar-refractivity contribution in [2.45, 2.75) is 53.1 Å². The van der Waals surface area contributed by atoms with Gasteiger partial charge in [-0.15, -0.1) is 0 Å². The lowest BCUT2D eigenvalue weighted by atomic mass is 10.2. The monoisotopic (exact) mass is 176 g/mol. The smallest absolute Gasteiger partial charge is 0.0535 e. The molecule has 0 aliphatic rings. The largest absolute Gasteiger partial charge is 0.396 e. The van der Waals surface area contributed by atoms with Gasteiger partial charge in [0.1, 0.15) is 0 Å². The van der Waals surface area contributed by atoms with E-state index in [0.717, 1.165) is 19.3 Å². The molecule has 0 aromatic rings. The third-order valence-corrected chi connectivity index (χ3v) is 1.65. The summed E-state index contributed by atoms with van der Waals surface area (Å²) in [5.41, 5.74) is 0. The molecule has 0 aromatic heterocycles. The summed E-state index contributed by atoms with van der Waals surface area (Å²) in [6.07, 6.45) is 2.64. The van der Waals surface area contributed by atoms with Crippen LogP contribution in [0.4, 0.5) is 0 Å². The van der Waals surface area contributed by atoms with Gasteiger partial charge in [0, 0.05) is 6.61 Å². The lowest BCUT2D eigenvalue weighted by Gasteiger charge is -1.98. The number of rotatable bonds is 4. The van der Waals surface area contributed by atoms with E-state index in [9.17, 15) is 0 Å². The Hall–Kier alpha value is -0.0800. The highest BCUT2D eigenvalue weighted by Gasteiger charge is 1.90. The van der Waals surface area contributed by atoms with Gasteiger partial charge < -0.3 is 10.2 Å². The molecule has 0 saturated heterocycles. The lowest BCUT2D eigenvalue weighted by molar-refractivity contribution is 0.166. The van der Waals surface area contributed by atoms with Crippen molar-refractivity contribution < 1.29 is 10.2 Å². The number of hydrogen-bond donors (Lipinski definition) is 2. The van der Waals surface area contributed by atoms with E-state index >= 15 is 0 Å². The van der Waals surface area contributed by atoms with Crippen LogP contribution >= 0.6 is 0 Å². The van der Waals surface area contributed by atoms with Crippen molar-refractivity contribution in [1.82, 2.24) is 0 Å². The zero-order valence-corrected chi connectivity index (χ0v) is 8.88. The van der Waals surface area contributed by atoms with Crippen LogP contribution in [0.3, 0.4) is 0 Å². The average molecular weight is 176 g/mol. The van der Waals surface area contributed by atoms with Crippen LogP contribution in [0, 0.1) is 5.92 Å². The minimum atomic E-state index is -0.0648. The SMILES string of the molecule is CC(C)CCO.CCC(O)CC. The van der Waals surface area contributed by atoms with Crippen molar-refractivity contribution in [2.24, 2.45) is 5.92 Å². The third-order valence-electron chi connectivity index (χ3n) is 1.65.